The van der Waals surface area contributed by atoms with E-state index in [-0.39, 0.29) is 24.0 Å². The van der Waals surface area contributed by atoms with E-state index in [2.05, 4.69) is 15.4 Å². The second-order valence-corrected chi connectivity index (χ2v) is 7.91. The maximum absolute atomic E-state index is 12.9. The highest BCUT2D eigenvalue weighted by molar-refractivity contribution is 6.30. The van der Waals surface area contributed by atoms with Crippen LogP contribution in [-0.2, 0) is 17.3 Å². The molecule has 3 aromatic rings. The minimum atomic E-state index is -0.481. The number of nitrogens with zero attached hydrogens (tertiary/aromatic N) is 3. The molecule has 0 aliphatic heterocycles. The van der Waals surface area contributed by atoms with Gasteiger partial charge in [0.2, 0.25) is 5.91 Å². The van der Waals surface area contributed by atoms with Gasteiger partial charge in [0, 0.05) is 24.7 Å². The van der Waals surface area contributed by atoms with Crippen molar-refractivity contribution in [1.29, 1.82) is 0 Å². The first-order valence-corrected chi connectivity index (χ1v) is 9.92. The molecule has 0 unspecified atom stereocenters. The standard InChI is InChI=1S/C22H21ClN4O3/c1-14-18(10-20(28)27(2)26-14)30-13-22(15-6-4-3-5-7-15)11-17(22)21(29)25-19-9-8-16(23)12-24-19/h3-10,12,17H,11,13H2,1-2H3,(H,24,25,29)/t17-,22+/m0/s1. The molecule has 154 valence electrons. The van der Waals surface area contributed by atoms with Crippen molar-refractivity contribution in [2.24, 2.45) is 13.0 Å². The Balaban J connectivity index is 1.56. The number of hydrogen-bond donors (Lipinski definition) is 1. The third-order valence-electron chi connectivity index (χ3n) is 5.43. The average molecular weight is 425 g/mol. The highest BCUT2D eigenvalue weighted by Crippen LogP contribution is 2.55. The highest BCUT2D eigenvalue weighted by Gasteiger charge is 2.60. The summed E-state index contributed by atoms with van der Waals surface area (Å²) in [5.74, 6) is 0.470. The Hall–Kier alpha value is -3.19. The van der Waals surface area contributed by atoms with Crippen LogP contribution in [0.1, 0.15) is 17.7 Å². The minimum absolute atomic E-state index is 0.129. The Morgan fingerprint density at radius 3 is 2.77 bits per heavy atom. The summed E-state index contributed by atoms with van der Waals surface area (Å²) in [6.45, 7) is 2.05. The Kier molecular flexibility index (Phi) is 5.30. The number of hydrogen-bond acceptors (Lipinski definition) is 5. The SMILES string of the molecule is Cc1nn(C)c(=O)cc1OC[C@@]1(c2ccccc2)C[C@H]1C(=O)Nc1ccc(Cl)cn1. The van der Waals surface area contributed by atoms with Crippen LogP contribution in [0.2, 0.25) is 5.02 Å². The summed E-state index contributed by atoms with van der Waals surface area (Å²) in [7, 11) is 1.59. The van der Waals surface area contributed by atoms with Crippen LogP contribution in [0.25, 0.3) is 0 Å². The molecule has 1 aliphatic rings. The van der Waals surface area contributed by atoms with E-state index < -0.39 is 5.41 Å². The van der Waals surface area contributed by atoms with Gasteiger partial charge in [-0.1, -0.05) is 41.9 Å². The first-order chi connectivity index (χ1) is 14.4. The summed E-state index contributed by atoms with van der Waals surface area (Å²) in [4.78, 5) is 29.0. The molecule has 1 aromatic carbocycles. The van der Waals surface area contributed by atoms with Crippen molar-refractivity contribution in [3.8, 4) is 5.75 Å². The maximum atomic E-state index is 12.9. The number of aryl methyl sites for hydroxylation is 2. The minimum Gasteiger partial charge on any atom is -0.490 e. The van der Waals surface area contributed by atoms with Crippen molar-refractivity contribution in [3.05, 3.63) is 81.4 Å². The van der Waals surface area contributed by atoms with Gasteiger partial charge in [-0.3, -0.25) is 9.59 Å². The van der Waals surface area contributed by atoms with Gasteiger partial charge >= 0.3 is 0 Å². The lowest BCUT2D eigenvalue weighted by Gasteiger charge is -2.19. The fraction of sp³-hybridized carbons (Fsp3) is 0.273. The van der Waals surface area contributed by atoms with Crippen molar-refractivity contribution < 1.29 is 9.53 Å². The number of aromatic nitrogens is 3. The summed E-state index contributed by atoms with van der Waals surface area (Å²) in [6, 6.07) is 14.6. The van der Waals surface area contributed by atoms with Gasteiger partial charge in [0.1, 0.15) is 17.3 Å². The van der Waals surface area contributed by atoms with E-state index >= 15 is 0 Å². The van der Waals surface area contributed by atoms with Gasteiger partial charge in [0.25, 0.3) is 5.56 Å². The molecule has 1 aliphatic carbocycles. The Morgan fingerprint density at radius 2 is 2.07 bits per heavy atom. The Labute approximate surface area is 178 Å². The second kappa shape index (κ2) is 7.91. The molecule has 2 atom stereocenters. The van der Waals surface area contributed by atoms with Crippen LogP contribution in [0, 0.1) is 12.8 Å². The predicted octanol–water partition coefficient (Wildman–Crippen LogP) is 3.11. The van der Waals surface area contributed by atoms with Crippen molar-refractivity contribution in [2.45, 2.75) is 18.8 Å². The topological polar surface area (TPSA) is 86.1 Å². The van der Waals surface area contributed by atoms with Crippen LogP contribution in [0.5, 0.6) is 5.75 Å². The van der Waals surface area contributed by atoms with Crippen LogP contribution >= 0.6 is 11.6 Å². The number of nitrogens with one attached hydrogen (secondary N) is 1. The number of amides is 1. The number of rotatable bonds is 6. The van der Waals surface area contributed by atoms with E-state index in [0.29, 0.717) is 28.7 Å². The van der Waals surface area contributed by atoms with Crippen molar-refractivity contribution in [2.75, 3.05) is 11.9 Å². The van der Waals surface area contributed by atoms with Crippen molar-refractivity contribution in [3.63, 3.8) is 0 Å². The first-order valence-electron chi connectivity index (χ1n) is 9.55. The molecule has 4 rings (SSSR count). The molecular formula is C22H21ClN4O3. The maximum Gasteiger partial charge on any atom is 0.270 e. The smallest absolute Gasteiger partial charge is 0.270 e. The monoisotopic (exact) mass is 424 g/mol. The molecule has 2 aromatic heterocycles. The molecule has 1 fully saturated rings. The molecule has 0 radical (unpaired) electrons. The fourth-order valence-electron chi connectivity index (χ4n) is 3.63. The van der Waals surface area contributed by atoms with E-state index in [9.17, 15) is 9.59 Å². The van der Waals surface area contributed by atoms with Crippen LogP contribution in [0.15, 0.2) is 59.5 Å². The summed E-state index contributed by atoms with van der Waals surface area (Å²) in [5, 5.41) is 7.52. The van der Waals surface area contributed by atoms with Crippen LogP contribution in [0.3, 0.4) is 0 Å². The summed E-state index contributed by atoms with van der Waals surface area (Å²) in [6.07, 6.45) is 2.12. The first kappa shape index (κ1) is 20.1. The number of pyridine rings is 1. The molecule has 1 saturated carbocycles. The van der Waals surface area contributed by atoms with Crippen LogP contribution in [0.4, 0.5) is 5.82 Å². The molecule has 0 saturated heterocycles. The number of ether oxygens (including phenoxy) is 1. The zero-order valence-corrected chi connectivity index (χ0v) is 17.4. The Bertz CT molecular complexity index is 1130. The normalized spacial score (nSPS) is 19.9. The van der Waals surface area contributed by atoms with Gasteiger partial charge in [0.15, 0.2) is 0 Å². The molecule has 2 heterocycles. The number of anilines is 1. The third kappa shape index (κ3) is 3.93. The summed E-state index contributed by atoms with van der Waals surface area (Å²) < 4.78 is 7.28. The molecule has 8 heteroatoms. The zero-order valence-electron chi connectivity index (χ0n) is 16.6. The quantitative estimate of drug-likeness (QED) is 0.657. The molecule has 0 bridgehead atoms. The third-order valence-corrected chi connectivity index (χ3v) is 5.66. The molecule has 0 spiro atoms. The molecule has 1 amide bonds. The molecule has 1 N–H and O–H groups in total. The molecular weight excluding hydrogens is 404 g/mol. The highest BCUT2D eigenvalue weighted by atomic mass is 35.5. The lowest BCUT2D eigenvalue weighted by atomic mass is 9.93. The lowest BCUT2D eigenvalue weighted by Crippen LogP contribution is -2.27. The molecule has 7 nitrogen and oxygen atoms in total. The van der Waals surface area contributed by atoms with E-state index in [1.165, 1.54) is 16.9 Å². The van der Waals surface area contributed by atoms with E-state index in [4.69, 9.17) is 16.3 Å². The number of benzene rings is 1. The average Bonchev–Trinajstić information content (AvgIpc) is 3.48. The van der Waals surface area contributed by atoms with Gasteiger partial charge in [0.05, 0.1) is 17.5 Å². The number of carbonyl (C=O) groups excluding carboxylic acids is 1. The lowest BCUT2D eigenvalue weighted by molar-refractivity contribution is -0.117. The second-order valence-electron chi connectivity index (χ2n) is 7.47. The number of carbonyl (C=O) groups is 1. The van der Waals surface area contributed by atoms with Gasteiger partial charge in [-0.25, -0.2) is 9.67 Å². The van der Waals surface area contributed by atoms with E-state index in [1.54, 1.807) is 26.1 Å². The van der Waals surface area contributed by atoms with Crippen LogP contribution in [-0.4, -0.2) is 27.3 Å². The number of halogens is 1. The Morgan fingerprint density at radius 1 is 1.30 bits per heavy atom. The van der Waals surface area contributed by atoms with E-state index in [1.807, 2.05) is 30.3 Å². The van der Waals surface area contributed by atoms with Gasteiger partial charge < -0.3 is 10.1 Å². The van der Waals surface area contributed by atoms with Crippen molar-refractivity contribution >= 4 is 23.3 Å². The van der Waals surface area contributed by atoms with Crippen molar-refractivity contribution in [1.82, 2.24) is 14.8 Å². The molecule has 30 heavy (non-hydrogen) atoms. The largest absolute Gasteiger partial charge is 0.490 e. The predicted molar refractivity (Wildman–Crippen MR) is 114 cm³/mol. The summed E-state index contributed by atoms with van der Waals surface area (Å²) >= 11 is 5.86. The van der Waals surface area contributed by atoms with Gasteiger partial charge in [-0.15, -0.1) is 0 Å². The van der Waals surface area contributed by atoms with Gasteiger partial charge in [-0.2, -0.15) is 5.10 Å². The van der Waals surface area contributed by atoms with E-state index in [0.717, 1.165) is 5.56 Å². The zero-order chi connectivity index (χ0) is 21.3. The fourth-order valence-corrected chi connectivity index (χ4v) is 3.74. The van der Waals surface area contributed by atoms with Crippen LogP contribution < -0.4 is 15.6 Å². The van der Waals surface area contributed by atoms with Gasteiger partial charge in [-0.05, 0) is 31.0 Å². The summed E-state index contributed by atoms with van der Waals surface area (Å²) in [5.41, 5.74) is 0.907.